The Balaban J connectivity index is 1.28. The van der Waals surface area contributed by atoms with E-state index in [4.69, 9.17) is 0 Å². The zero-order chi connectivity index (χ0) is 19.5. The van der Waals surface area contributed by atoms with E-state index >= 15 is 0 Å². The van der Waals surface area contributed by atoms with E-state index in [1.165, 1.54) is 42.5 Å². The van der Waals surface area contributed by atoms with Crippen molar-refractivity contribution in [2.24, 2.45) is 5.41 Å². The molecule has 154 valence electrons. The van der Waals surface area contributed by atoms with E-state index in [1.807, 2.05) is 0 Å². The summed E-state index contributed by atoms with van der Waals surface area (Å²) >= 11 is 0. The van der Waals surface area contributed by atoms with Gasteiger partial charge >= 0.3 is 0 Å². The van der Waals surface area contributed by atoms with Crippen LogP contribution in [0.4, 0.5) is 8.78 Å². The minimum Gasteiger partial charge on any atom is -0.299 e. The smallest absolute Gasteiger partial charge is 0.280 e. The number of rotatable bonds is 5. The van der Waals surface area contributed by atoms with E-state index < -0.39 is 16.4 Å². The van der Waals surface area contributed by atoms with Gasteiger partial charge in [-0.2, -0.15) is 4.31 Å². The van der Waals surface area contributed by atoms with Gasteiger partial charge in [0.1, 0.15) is 10.6 Å². The van der Waals surface area contributed by atoms with Gasteiger partial charge in [0.25, 0.3) is 6.43 Å². The van der Waals surface area contributed by atoms with E-state index in [9.17, 15) is 17.2 Å². The van der Waals surface area contributed by atoms with Crippen LogP contribution in [0.3, 0.4) is 0 Å². The monoisotopic (exact) mass is 411 g/mol. The molecule has 1 spiro atoms. The summed E-state index contributed by atoms with van der Waals surface area (Å²) in [4.78, 5) is 6.68. The molecular weight excluding hydrogens is 384 g/mol. The van der Waals surface area contributed by atoms with Crippen LogP contribution in [0.1, 0.15) is 68.7 Å². The van der Waals surface area contributed by atoms with Crippen molar-refractivity contribution >= 4 is 10.0 Å². The molecule has 0 atom stereocenters. The third-order valence-corrected chi connectivity index (χ3v) is 8.74. The highest BCUT2D eigenvalue weighted by molar-refractivity contribution is 7.89. The number of halogens is 2. The quantitative estimate of drug-likeness (QED) is 0.744. The summed E-state index contributed by atoms with van der Waals surface area (Å²) in [6.45, 7) is 3.06. The molecule has 0 aromatic carbocycles. The molecule has 5 nitrogen and oxygen atoms in total. The Morgan fingerprint density at radius 3 is 2.29 bits per heavy atom. The van der Waals surface area contributed by atoms with Crippen molar-refractivity contribution in [2.75, 3.05) is 26.2 Å². The predicted octanol–water partition coefficient (Wildman–Crippen LogP) is 3.54. The lowest BCUT2D eigenvalue weighted by atomic mass is 9.72. The molecule has 4 fully saturated rings. The molecular formula is C20H27F2N3O2S. The summed E-state index contributed by atoms with van der Waals surface area (Å²) in [5, 5.41) is 0. The van der Waals surface area contributed by atoms with Gasteiger partial charge in [0.05, 0.1) is 5.69 Å². The number of pyridine rings is 1. The molecule has 2 saturated heterocycles. The van der Waals surface area contributed by atoms with Crippen molar-refractivity contribution in [1.82, 2.24) is 14.2 Å². The maximum atomic E-state index is 13.1. The Hall–Kier alpha value is -1.12. The molecule has 4 aliphatic rings. The molecule has 28 heavy (non-hydrogen) atoms. The summed E-state index contributed by atoms with van der Waals surface area (Å²) < 4.78 is 53.8. The van der Waals surface area contributed by atoms with Crippen LogP contribution in [-0.4, -0.2) is 54.8 Å². The fraction of sp³-hybridized carbons (Fsp3) is 0.750. The van der Waals surface area contributed by atoms with Crippen LogP contribution in [0.5, 0.6) is 0 Å². The number of nitrogens with zero attached hydrogens (tertiary/aromatic N) is 3. The van der Waals surface area contributed by atoms with Crippen molar-refractivity contribution in [2.45, 2.75) is 68.2 Å². The van der Waals surface area contributed by atoms with Crippen LogP contribution in [0, 0.1) is 5.41 Å². The van der Waals surface area contributed by atoms with Gasteiger partial charge in [-0.15, -0.1) is 0 Å². The van der Waals surface area contributed by atoms with Gasteiger partial charge in [-0.25, -0.2) is 17.2 Å². The molecule has 0 bridgehead atoms. The number of likely N-dealkylation sites (tertiary alicyclic amines) is 1. The van der Waals surface area contributed by atoms with Crippen LogP contribution < -0.4 is 0 Å². The molecule has 3 heterocycles. The van der Waals surface area contributed by atoms with Crippen LogP contribution >= 0.6 is 0 Å². The van der Waals surface area contributed by atoms with Crippen LogP contribution in [0.25, 0.3) is 0 Å². The number of hydrogen-bond donors (Lipinski definition) is 0. The van der Waals surface area contributed by atoms with Gasteiger partial charge in [-0.3, -0.25) is 9.88 Å². The maximum Gasteiger partial charge on any atom is 0.280 e. The third kappa shape index (κ3) is 3.17. The summed E-state index contributed by atoms with van der Waals surface area (Å²) in [6, 6.07) is 3.18. The molecule has 2 aliphatic carbocycles. The first kappa shape index (κ1) is 18.9. The largest absolute Gasteiger partial charge is 0.299 e. The number of hydrogen-bond acceptors (Lipinski definition) is 4. The van der Waals surface area contributed by atoms with Gasteiger partial charge in [-0.05, 0) is 37.8 Å². The van der Waals surface area contributed by atoms with Crippen LogP contribution in [-0.2, 0) is 10.0 Å². The molecule has 5 rings (SSSR count). The lowest BCUT2D eigenvalue weighted by molar-refractivity contribution is -0.105. The molecule has 0 N–H and O–H groups in total. The standard InChI is InChI=1S/C20H27F2N3O2S/c21-19(22)16-8-9-17(18(23-16)14-6-7-14)28(26,27)25-12-20(13-25)10-24(11-20)15-4-2-1-3-5-15/h8-9,14-15,19H,1-7,10-13H2. The zero-order valence-electron chi connectivity index (χ0n) is 16.0. The Bertz CT molecular complexity index is 852. The first-order chi connectivity index (χ1) is 13.4. The van der Waals surface area contributed by atoms with Gasteiger partial charge in [0, 0.05) is 43.6 Å². The van der Waals surface area contributed by atoms with Gasteiger partial charge in [0.15, 0.2) is 0 Å². The lowest BCUT2D eigenvalue weighted by Crippen LogP contribution is -2.74. The molecule has 1 aromatic rings. The summed E-state index contributed by atoms with van der Waals surface area (Å²) in [5.41, 5.74) is 0.111. The number of sulfonamides is 1. The van der Waals surface area contributed by atoms with Crippen LogP contribution in [0.2, 0.25) is 0 Å². The minimum absolute atomic E-state index is 0.00390. The molecule has 2 aliphatic heterocycles. The molecule has 8 heteroatoms. The average Bonchev–Trinajstić information content (AvgIpc) is 3.44. The highest BCUT2D eigenvalue weighted by Crippen LogP contribution is 2.47. The SMILES string of the molecule is O=S(=O)(c1ccc(C(F)F)nc1C1CC1)N1CC2(CN(C3CCCCC3)C2)C1. The van der Waals surface area contributed by atoms with E-state index in [2.05, 4.69) is 9.88 Å². The van der Waals surface area contributed by atoms with Crippen molar-refractivity contribution in [3.8, 4) is 0 Å². The van der Waals surface area contributed by atoms with Crippen molar-refractivity contribution < 1.29 is 17.2 Å². The number of alkyl halides is 2. The second-order valence-corrected chi connectivity index (χ2v) is 11.1. The van der Waals surface area contributed by atoms with E-state index in [-0.39, 0.29) is 21.9 Å². The zero-order valence-corrected chi connectivity index (χ0v) is 16.8. The highest BCUT2D eigenvalue weighted by Gasteiger charge is 2.56. The minimum atomic E-state index is -3.66. The van der Waals surface area contributed by atoms with E-state index in [1.54, 1.807) is 0 Å². The Morgan fingerprint density at radius 2 is 1.68 bits per heavy atom. The average molecular weight is 412 g/mol. The van der Waals surface area contributed by atoms with Gasteiger partial charge in [-0.1, -0.05) is 19.3 Å². The Morgan fingerprint density at radius 1 is 1.00 bits per heavy atom. The summed E-state index contributed by atoms with van der Waals surface area (Å²) in [7, 11) is -3.66. The molecule has 2 saturated carbocycles. The Labute approximate surface area is 165 Å². The summed E-state index contributed by atoms with van der Waals surface area (Å²) in [5.74, 6) is 0.00390. The summed E-state index contributed by atoms with van der Waals surface area (Å²) in [6.07, 6.45) is 5.45. The Kier molecular flexibility index (Phi) is 4.52. The third-order valence-electron chi connectivity index (χ3n) is 6.90. The predicted molar refractivity (Wildman–Crippen MR) is 101 cm³/mol. The molecule has 0 amide bonds. The van der Waals surface area contributed by atoms with E-state index in [0.717, 1.165) is 32.0 Å². The number of aromatic nitrogens is 1. The second kappa shape index (κ2) is 6.71. The maximum absolute atomic E-state index is 13.1. The fourth-order valence-electron chi connectivity index (χ4n) is 5.20. The first-order valence-corrected chi connectivity index (χ1v) is 11.9. The second-order valence-electron chi connectivity index (χ2n) is 9.16. The van der Waals surface area contributed by atoms with Crippen molar-refractivity contribution in [1.29, 1.82) is 0 Å². The molecule has 1 aromatic heterocycles. The van der Waals surface area contributed by atoms with Crippen LogP contribution in [0.15, 0.2) is 17.0 Å². The van der Waals surface area contributed by atoms with Gasteiger partial charge < -0.3 is 0 Å². The first-order valence-electron chi connectivity index (χ1n) is 10.4. The molecule has 0 unspecified atom stereocenters. The van der Waals surface area contributed by atoms with Gasteiger partial charge in [0.2, 0.25) is 10.0 Å². The highest BCUT2D eigenvalue weighted by atomic mass is 32.2. The topological polar surface area (TPSA) is 53.5 Å². The normalized spacial score (nSPS) is 26.4. The lowest BCUT2D eigenvalue weighted by Gasteiger charge is -2.61. The fourth-order valence-corrected chi connectivity index (χ4v) is 7.08. The van der Waals surface area contributed by atoms with E-state index in [0.29, 0.717) is 24.8 Å². The molecule has 0 radical (unpaired) electrons. The van der Waals surface area contributed by atoms with Crippen molar-refractivity contribution in [3.05, 3.63) is 23.5 Å². The van der Waals surface area contributed by atoms with Crippen molar-refractivity contribution in [3.63, 3.8) is 0 Å².